The molecule has 5 nitrogen and oxygen atoms in total. The van der Waals surface area contributed by atoms with Gasteiger partial charge in [-0.1, -0.05) is 17.7 Å². The van der Waals surface area contributed by atoms with Crippen LogP contribution in [0.5, 0.6) is 0 Å². The van der Waals surface area contributed by atoms with Gasteiger partial charge in [-0.3, -0.25) is 4.84 Å². The van der Waals surface area contributed by atoms with E-state index in [1.165, 1.54) is 5.06 Å². The molecular weight excluding hydrogens is 208 g/mol. The standard InChI is InChI=1S/C11H16N2O3/c1-3-4-16-13-9-5-8(2)10(7-14)12(6-9)11(13)15/h3,5,9-10,14H,1,4,6-7H2,2H3. The molecule has 1 fully saturated rings. The molecule has 1 saturated heterocycles. The van der Waals surface area contributed by atoms with Gasteiger partial charge in [-0.05, 0) is 6.92 Å². The predicted molar refractivity (Wildman–Crippen MR) is 58.5 cm³/mol. The Bertz CT molecular complexity index is 340. The molecule has 2 aliphatic heterocycles. The van der Waals surface area contributed by atoms with Gasteiger partial charge in [0, 0.05) is 6.54 Å². The number of rotatable bonds is 4. The summed E-state index contributed by atoms with van der Waals surface area (Å²) in [6, 6.07) is -0.435. The molecule has 0 spiro atoms. The van der Waals surface area contributed by atoms with E-state index >= 15 is 0 Å². The van der Waals surface area contributed by atoms with Crippen LogP contribution < -0.4 is 0 Å². The highest BCUT2D eigenvalue weighted by Crippen LogP contribution is 2.28. The first-order valence-electron chi connectivity index (χ1n) is 5.32. The lowest BCUT2D eigenvalue weighted by Crippen LogP contribution is -2.42. The molecule has 2 unspecified atom stereocenters. The van der Waals surface area contributed by atoms with Crippen LogP contribution in [0.1, 0.15) is 6.92 Å². The summed E-state index contributed by atoms with van der Waals surface area (Å²) in [5, 5.41) is 10.6. The van der Waals surface area contributed by atoms with Crippen LogP contribution in [-0.2, 0) is 4.84 Å². The first-order valence-corrected chi connectivity index (χ1v) is 5.32. The zero-order chi connectivity index (χ0) is 11.7. The number of carbonyl (C=O) groups excluding carboxylic acids is 1. The van der Waals surface area contributed by atoms with E-state index < -0.39 is 0 Å². The zero-order valence-electron chi connectivity index (χ0n) is 9.30. The van der Waals surface area contributed by atoms with E-state index in [2.05, 4.69) is 6.58 Å². The highest BCUT2D eigenvalue weighted by Gasteiger charge is 2.44. The lowest BCUT2D eigenvalue weighted by atomic mass is 10.0. The quantitative estimate of drug-likeness (QED) is 0.709. The number of aliphatic hydroxyl groups is 1. The highest BCUT2D eigenvalue weighted by atomic mass is 16.7. The van der Waals surface area contributed by atoms with Gasteiger partial charge in [0.1, 0.15) is 0 Å². The maximum atomic E-state index is 12.0. The van der Waals surface area contributed by atoms with Crippen molar-refractivity contribution >= 4 is 6.03 Å². The van der Waals surface area contributed by atoms with Crippen LogP contribution in [0.4, 0.5) is 4.79 Å². The van der Waals surface area contributed by atoms with Crippen molar-refractivity contribution in [3.63, 3.8) is 0 Å². The summed E-state index contributed by atoms with van der Waals surface area (Å²) in [4.78, 5) is 18.9. The number of nitrogens with zero attached hydrogens (tertiary/aromatic N) is 2. The maximum absolute atomic E-state index is 12.0. The number of fused-ring (bicyclic) bond motifs is 2. The fraction of sp³-hybridized carbons (Fsp3) is 0.545. The minimum absolute atomic E-state index is 0.0455. The summed E-state index contributed by atoms with van der Waals surface area (Å²) < 4.78 is 0. The zero-order valence-corrected chi connectivity index (χ0v) is 9.30. The van der Waals surface area contributed by atoms with E-state index in [9.17, 15) is 9.90 Å². The molecule has 0 aromatic heterocycles. The number of urea groups is 1. The molecule has 2 amide bonds. The summed E-state index contributed by atoms with van der Waals surface area (Å²) >= 11 is 0. The Balaban J connectivity index is 2.17. The Hall–Kier alpha value is -1.33. The van der Waals surface area contributed by atoms with E-state index in [4.69, 9.17) is 4.84 Å². The van der Waals surface area contributed by atoms with E-state index in [0.717, 1.165) is 5.57 Å². The van der Waals surface area contributed by atoms with Gasteiger partial charge in [0.15, 0.2) is 0 Å². The molecule has 0 aromatic carbocycles. The minimum Gasteiger partial charge on any atom is -0.394 e. The summed E-state index contributed by atoms with van der Waals surface area (Å²) in [5.41, 5.74) is 1.01. The molecule has 0 saturated carbocycles. The van der Waals surface area contributed by atoms with Crippen molar-refractivity contribution in [3.05, 3.63) is 24.3 Å². The molecule has 0 radical (unpaired) electrons. The second kappa shape index (κ2) is 4.27. The number of hydrogen-bond acceptors (Lipinski definition) is 3. The third-order valence-electron chi connectivity index (χ3n) is 2.98. The van der Waals surface area contributed by atoms with Crippen molar-refractivity contribution in [1.82, 2.24) is 9.96 Å². The van der Waals surface area contributed by atoms with Gasteiger partial charge >= 0.3 is 6.03 Å². The average molecular weight is 224 g/mol. The third kappa shape index (κ3) is 1.62. The van der Waals surface area contributed by atoms with E-state index in [-0.39, 0.29) is 24.7 Å². The predicted octanol–water partition coefficient (Wildman–Crippen LogP) is 0.531. The highest BCUT2D eigenvalue weighted by molar-refractivity contribution is 5.78. The van der Waals surface area contributed by atoms with Crippen molar-refractivity contribution in [3.8, 4) is 0 Å². The third-order valence-corrected chi connectivity index (χ3v) is 2.98. The Morgan fingerprint density at radius 3 is 3.12 bits per heavy atom. The van der Waals surface area contributed by atoms with Crippen molar-refractivity contribution in [1.29, 1.82) is 0 Å². The molecular formula is C11H16N2O3. The Labute approximate surface area is 94.5 Å². The van der Waals surface area contributed by atoms with Gasteiger partial charge < -0.3 is 10.0 Å². The molecule has 2 bridgehead atoms. The van der Waals surface area contributed by atoms with Crippen LogP contribution in [0.3, 0.4) is 0 Å². The van der Waals surface area contributed by atoms with E-state index in [1.807, 2.05) is 13.0 Å². The number of carbonyl (C=O) groups is 1. The fourth-order valence-corrected chi connectivity index (χ4v) is 2.19. The molecule has 1 N–H and O–H groups in total. The molecule has 2 rings (SSSR count). The van der Waals surface area contributed by atoms with Crippen molar-refractivity contribution in [2.75, 3.05) is 19.8 Å². The van der Waals surface area contributed by atoms with Crippen LogP contribution in [0.2, 0.25) is 0 Å². The number of hydrogen-bond donors (Lipinski definition) is 1. The van der Waals surface area contributed by atoms with Crippen molar-refractivity contribution in [2.45, 2.75) is 19.0 Å². The topological polar surface area (TPSA) is 53.0 Å². The molecule has 2 atom stereocenters. The second-order valence-corrected chi connectivity index (χ2v) is 4.02. The van der Waals surface area contributed by atoms with Gasteiger partial charge in [-0.15, -0.1) is 6.58 Å². The largest absolute Gasteiger partial charge is 0.394 e. The van der Waals surface area contributed by atoms with Crippen molar-refractivity contribution in [2.24, 2.45) is 0 Å². The van der Waals surface area contributed by atoms with Crippen LogP contribution in [0.25, 0.3) is 0 Å². The van der Waals surface area contributed by atoms with Crippen molar-refractivity contribution < 1.29 is 14.7 Å². The molecule has 0 aliphatic carbocycles. The second-order valence-electron chi connectivity index (χ2n) is 4.02. The van der Waals surface area contributed by atoms with E-state index in [1.54, 1.807) is 11.0 Å². The Morgan fingerprint density at radius 2 is 2.50 bits per heavy atom. The number of hydroxylamine groups is 2. The first kappa shape index (κ1) is 11.2. The lowest BCUT2D eigenvalue weighted by molar-refractivity contribution is -0.107. The summed E-state index contributed by atoms with van der Waals surface area (Å²) in [5.74, 6) is 0. The molecule has 0 aromatic rings. The van der Waals surface area contributed by atoms with Gasteiger partial charge in [0.05, 0.1) is 25.3 Å². The fourth-order valence-electron chi connectivity index (χ4n) is 2.19. The lowest BCUT2D eigenvalue weighted by Gasteiger charge is -2.28. The number of aliphatic hydroxyl groups excluding tert-OH is 1. The first-order chi connectivity index (χ1) is 7.69. The smallest absolute Gasteiger partial charge is 0.345 e. The molecule has 16 heavy (non-hydrogen) atoms. The SMILES string of the molecule is C=CCON1C(=O)N2CC1C=C(C)C2CO. The number of amides is 2. The van der Waals surface area contributed by atoms with Gasteiger partial charge in [0.2, 0.25) is 0 Å². The summed E-state index contributed by atoms with van der Waals surface area (Å²) in [6.07, 6.45) is 3.58. The van der Waals surface area contributed by atoms with Crippen LogP contribution in [0.15, 0.2) is 24.3 Å². The van der Waals surface area contributed by atoms with Gasteiger partial charge in [-0.2, -0.15) is 5.06 Å². The van der Waals surface area contributed by atoms with Crippen LogP contribution in [0, 0.1) is 0 Å². The van der Waals surface area contributed by atoms with Gasteiger partial charge in [-0.25, -0.2) is 4.79 Å². The normalized spacial score (nSPS) is 28.4. The Morgan fingerprint density at radius 1 is 1.75 bits per heavy atom. The van der Waals surface area contributed by atoms with Crippen LogP contribution in [-0.4, -0.2) is 52.9 Å². The molecule has 5 heteroatoms. The van der Waals surface area contributed by atoms with Gasteiger partial charge in [0.25, 0.3) is 0 Å². The molecule has 88 valence electrons. The average Bonchev–Trinajstić information content (AvgIpc) is 2.51. The van der Waals surface area contributed by atoms with E-state index in [0.29, 0.717) is 13.2 Å². The summed E-state index contributed by atoms with van der Waals surface area (Å²) in [7, 11) is 0. The molecule has 2 heterocycles. The Kier molecular flexibility index (Phi) is 2.98. The summed E-state index contributed by atoms with van der Waals surface area (Å²) in [6.45, 7) is 6.32. The monoisotopic (exact) mass is 224 g/mol. The molecule has 2 aliphatic rings. The maximum Gasteiger partial charge on any atom is 0.345 e. The van der Waals surface area contributed by atoms with Crippen LogP contribution >= 0.6 is 0 Å². The minimum atomic E-state index is -0.207.